The minimum Gasteiger partial charge on any atom is -0.495 e. The predicted octanol–water partition coefficient (Wildman–Crippen LogP) is 3.52. The third-order valence-electron chi connectivity index (χ3n) is 4.25. The van der Waals surface area contributed by atoms with Crippen LogP contribution < -0.4 is 20.3 Å². The lowest BCUT2D eigenvalue weighted by Crippen LogP contribution is -2.34. The normalized spacial score (nSPS) is 16.5. The number of carbonyl (C=O) groups excluding carboxylic acids is 2. The Labute approximate surface area is 157 Å². The zero-order chi connectivity index (χ0) is 18.5. The number of para-hydroxylation sites is 2. The number of amides is 3. The Morgan fingerprint density at radius 3 is 2.69 bits per heavy atom. The molecule has 2 aromatic carbocycles. The van der Waals surface area contributed by atoms with Crippen molar-refractivity contribution < 1.29 is 14.3 Å². The lowest BCUT2D eigenvalue weighted by molar-refractivity contribution is -0.117. The molecule has 0 radical (unpaired) electrons. The molecule has 26 heavy (non-hydrogen) atoms. The Bertz CT molecular complexity index is 795. The van der Waals surface area contributed by atoms with Gasteiger partial charge in [0.1, 0.15) is 5.75 Å². The van der Waals surface area contributed by atoms with Crippen molar-refractivity contribution in [1.29, 1.82) is 0 Å². The fraction of sp³-hybridized carbons (Fsp3) is 0.263. The molecule has 3 rings (SSSR count). The summed E-state index contributed by atoms with van der Waals surface area (Å²) in [6.45, 7) is 0.978. The quantitative estimate of drug-likeness (QED) is 0.842. The first-order valence-electron chi connectivity index (χ1n) is 8.30. The highest BCUT2D eigenvalue weighted by Crippen LogP contribution is 2.26. The third-order valence-corrected chi connectivity index (χ3v) is 4.50. The van der Waals surface area contributed by atoms with Gasteiger partial charge in [-0.05, 0) is 36.4 Å². The van der Waals surface area contributed by atoms with Crippen LogP contribution in [0.15, 0.2) is 48.5 Å². The van der Waals surface area contributed by atoms with Gasteiger partial charge >= 0.3 is 6.03 Å². The molecule has 0 aromatic heterocycles. The van der Waals surface area contributed by atoms with E-state index < -0.39 is 0 Å². The van der Waals surface area contributed by atoms with Crippen molar-refractivity contribution in [2.24, 2.45) is 5.92 Å². The molecule has 0 saturated carbocycles. The van der Waals surface area contributed by atoms with Crippen LogP contribution in [0, 0.1) is 5.92 Å². The maximum absolute atomic E-state index is 12.2. The molecule has 0 unspecified atom stereocenters. The van der Waals surface area contributed by atoms with Crippen LogP contribution in [-0.2, 0) is 4.79 Å². The Balaban J connectivity index is 1.53. The second kappa shape index (κ2) is 8.10. The van der Waals surface area contributed by atoms with Gasteiger partial charge in [-0.15, -0.1) is 0 Å². The molecule has 2 aromatic rings. The Morgan fingerprint density at radius 1 is 1.23 bits per heavy atom. The number of methoxy groups -OCH3 is 1. The molecular formula is C19H20ClN3O3. The van der Waals surface area contributed by atoms with Crippen molar-refractivity contribution >= 4 is 34.9 Å². The predicted molar refractivity (Wildman–Crippen MR) is 102 cm³/mol. The third kappa shape index (κ3) is 4.26. The van der Waals surface area contributed by atoms with Gasteiger partial charge in [0.25, 0.3) is 0 Å². The number of rotatable bonds is 5. The molecule has 2 N–H and O–H groups in total. The molecule has 1 saturated heterocycles. The molecule has 1 atom stereocenters. The number of nitrogens with zero attached hydrogens (tertiary/aromatic N) is 1. The monoisotopic (exact) mass is 373 g/mol. The standard InChI is InChI=1S/C19H20ClN3O3/c1-26-17-5-3-2-4-16(17)22-19(25)21-11-13-10-18(24)23(12-13)15-8-6-14(20)7-9-15/h2-9,13H,10-12H2,1H3,(H2,21,22,25)/t13-/m0/s1. The van der Waals surface area contributed by atoms with Crippen molar-refractivity contribution in [2.45, 2.75) is 6.42 Å². The first-order valence-corrected chi connectivity index (χ1v) is 8.68. The molecule has 6 nitrogen and oxygen atoms in total. The molecule has 1 aliphatic heterocycles. The SMILES string of the molecule is COc1ccccc1NC(=O)NC[C@@H]1CC(=O)N(c2ccc(Cl)cc2)C1. The van der Waals surface area contributed by atoms with Gasteiger partial charge in [0.05, 0.1) is 12.8 Å². The van der Waals surface area contributed by atoms with Crippen molar-refractivity contribution in [3.8, 4) is 5.75 Å². The number of ether oxygens (including phenoxy) is 1. The van der Waals surface area contributed by atoms with Crippen LogP contribution in [0.1, 0.15) is 6.42 Å². The largest absolute Gasteiger partial charge is 0.495 e. The average Bonchev–Trinajstić information content (AvgIpc) is 3.02. The van der Waals surface area contributed by atoms with Gasteiger partial charge in [0, 0.05) is 36.1 Å². The van der Waals surface area contributed by atoms with Crippen LogP contribution in [-0.4, -0.2) is 32.1 Å². The number of nitrogens with one attached hydrogen (secondary N) is 2. The van der Waals surface area contributed by atoms with Crippen LogP contribution in [0.25, 0.3) is 0 Å². The molecule has 1 heterocycles. The number of anilines is 2. The van der Waals surface area contributed by atoms with E-state index in [1.807, 2.05) is 24.3 Å². The second-order valence-corrected chi connectivity index (χ2v) is 6.52. The van der Waals surface area contributed by atoms with E-state index in [-0.39, 0.29) is 17.9 Å². The van der Waals surface area contributed by atoms with Gasteiger partial charge in [-0.25, -0.2) is 4.79 Å². The lowest BCUT2D eigenvalue weighted by Gasteiger charge is -2.17. The zero-order valence-corrected chi connectivity index (χ0v) is 15.1. The van der Waals surface area contributed by atoms with Gasteiger partial charge in [-0.3, -0.25) is 4.79 Å². The Morgan fingerprint density at radius 2 is 1.96 bits per heavy atom. The van der Waals surface area contributed by atoms with E-state index in [2.05, 4.69) is 10.6 Å². The van der Waals surface area contributed by atoms with Crippen LogP contribution in [0.5, 0.6) is 5.75 Å². The van der Waals surface area contributed by atoms with Gasteiger partial charge in [0.2, 0.25) is 5.91 Å². The van der Waals surface area contributed by atoms with Crippen molar-refractivity contribution in [2.75, 3.05) is 30.4 Å². The minimum absolute atomic E-state index is 0.0456. The van der Waals surface area contributed by atoms with E-state index in [4.69, 9.17) is 16.3 Å². The summed E-state index contributed by atoms with van der Waals surface area (Å²) >= 11 is 5.89. The summed E-state index contributed by atoms with van der Waals surface area (Å²) in [5.74, 6) is 0.693. The number of hydrogen-bond donors (Lipinski definition) is 2. The molecular weight excluding hydrogens is 354 g/mol. The fourth-order valence-electron chi connectivity index (χ4n) is 2.94. The average molecular weight is 374 g/mol. The summed E-state index contributed by atoms with van der Waals surface area (Å²) in [5.41, 5.74) is 1.41. The van der Waals surface area contributed by atoms with E-state index >= 15 is 0 Å². The Hall–Kier alpha value is -2.73. The summed E-state index contributed by atoms with van der Waals surface area (Å²) in [5, 5.41) is 6.21. The minimum atomic E-state index is -0.327. The first kappa shape index (κ1) is 18.1. The van der Waals surface area contributed by atoms with Crippen molar-refractivity contribution in [3.63, 3.8) is 0 Å². The van der Waals surface area contributed by atoms with Crippen LogP contribution in [0.2, 0.25) is 5.02 Å². The second-order valence-electron chi connectivity index (χ2n) is 6.09. The van der Waals surface area contributed by atoms with Crippen LogP contribution in [0.4, 0.5) is 16.2 Å². The van der Waals surface area contributed by atoms with Gasteiger partial charge < -0.3 is 20.3 Å². The summed E-state index contributed by atoms with van der Waals surface area (Å²) < 4.78 is 5.21. The zero-order valence-electron chi connectivity index (χ0n) is 14.4. The van der Waals surface area contributed by atoms with E-state index in [9.17, 15) is 9.59 Å². The number of carbonyl (C=O) groups is 2. The summed E-state index contributed by atoms with van der Waals surface area (Å²) in [6, 6.07) is 14.0. The number of benzene rings is 2. The van der Waals surface area contributed by atoms with Gasteiger partial charge in [-0.2, -0.15) is 0 Å². The summed E-state index contributed by atoms with van der Waals surface area (Å²) in [6.07, 6.45) is 0.400. The summed E-state index contributed by atoms with van der Waals surface area (Å²) in [7, 11) is 1.55. The molecule has 136 valence electrons. The van der Waals surface area contributed by atoms with E-state index in [1.54, 1.807) is 36.3 Å². The van der Waals surface area contributed by atoms with Crippen molar-refractivity contribution in [1.82, 2.24) is 5.32 Å². The molecule has 3 amide bonds. The van der Waals surface area contributed by atoms with Crippen molar-refractivity contribution in [3.05, 3.63) is 53.6 Å². The maximum Gasteiger partial charge on any atom is 0.319 e. The van der Waals surface area contributed by atoms with E-state index in [0.717, 1.165) is 5.69 Å². The molecule has 0 bridgehead atoms. The van der Waals surface area contributed by atoms with E-state index in [0.29, 0.717) is 36.0 Å². The number of urea groups is 1. The number of halogens is 1. The molecule has 1 aliphatic rings. The number of hydrogen-bond acceptors (Lipinski definition) is 3. The molecule has 0 spiro atoms. The molecule has 7 heteroatoms. The Kier molecular flexibility index (Phi) is 5.63. The van der Waals surface area contributed by atoms with Gasteiger partial charge in [0.15, 0.2) is 0 Å². The highest BCUT2D eigenvalue weighted by atomic mass is 35.5. The fourth-order valence-corrected chi connectivity index (χ4v) is 3.07. The van der Waals surface area contributed by atoms with Gasteiger partial charge in [-0.1, -0.05) is 23.7 Å². The summed E-state index contributed by atoms with van der Waals surface area (Å²) in [4.78, 5) is 26.1. The highest BCUT2D eigenvalue weighted by Gasteiger charge is 2.30. The van der Waals surface area contributed by atoms with Crippen LogP contribution in [0.3, 0.4) is 0 Å². The first-order chi connectivity index (χ1) is 12.6. The van der Waals surface area contributed by atoms with Crippen LogP contribution >= 0.6 is 11.6 Å². The maximum atomic E-state index is 12.2. The highest BCUT2D eigenvalue weighted by molar-refractivity contribution is 6.30. The van der Waals surface area contributed by atoms with E-state index in [1.165, 1.54) is 0 Å². The lowest BCUT2D eigenvalue weighted by atomic mass is 10.1. The smallest absolute Gasteiger partial charge is 0.319 e. The topological polar surface area (TPSA) is 70.7 Å². The molecule has 0 aliphatic carbocycles. The molecule has 1 fully saturated rings.